The van der Waals surface area contributed by atoms with Crippen molar-refractivity contribution in [3.8, 4) is 0 Å². The van der Waals surface area contributed by atoms with Crippen LogP contribution in [0.1, 0.15) is 77.2 Å². The van der Waals surface area contributed by atoms with Gasteiger partial charge in [-0.3, -0.25) is 9.78 Å². The molecule has 38 heavy (non-hydrogen) atoms. The van der Waals surface area contributed by atoms with Crippen LogP contribution in [-0.2, 0) is 19.6 Å². The first kappa shape index (κ1) is 26.2. The number of allylic oxidation sites excluding steroid dienone is 3. The van der Waals surface area contributed by atoms with E-state index in [0.717, 1.165) is 25.7 Å². The first-order valence-corrected chi connectivity index (χ1v) is 16.4. The smallest absolute Gasteiger partial charge is 0.309 e. The molecule has 0 N–H and O–H groups in total. The Bertz CT molecular complexity index is 1250. The average Bonchev–Trinajstić information content (AvgIpc) is 3.26. The Labute approximate surface area is 228 Å². The maximum atomic E-state index is 13.0. The number of fused-ring (bicyclic) bond motifs is 5. The molecule has 1 aromatic rings. The molecule has 6 nitrogen and oxygen atoms in total. The highest BCUT2D eigenvalue weighted by atomic mass is 32.2. The number of hydrogen-bond acceptors (Lipinski definition) is 5. The van der Waals surface area contributed by atoms with Gasteiger partial charge in [0.2, 0.25) is 10.0 Å². The predicted molar refractivity (Wildman–Crippen MR) is 148 cm³/mol. The molecule has 1 saturated heterocycles. The van der Waals surface area contributed by atoms with E-state index >= 15 is 0 Å². The van der Waals surface area contributed by atoms with Crippen molar-refractivity contribution < 1.29 is 17.9 Å². The third kappa shape index (κ3) is 4.38. The van der Waals surface area contributed by atoms with Crippen LogP contribution in [0.3, 0.4) is 0 Å². The highest BCUT2D eigenvalue weighted by Gasteiger charge is 2.57. The van der Waals surface area contributed by atoms with Gasteiger partial charge >= 0.3 is 5.97 Å². The largest absolute Gasteiger partial charge is 0.462 e. The highest BCUT2D eigenvalue weighted by Crippen LogP contribution is 2.66. The molecule has 206 valence electrons. The Morgan fingerprint density at radius 3 is 2.50 bits per heavy atom. The number of ether oxygens (including phenoxy) is 1. The number of rotatable bonds is 4. The third-order valence-electron chi connectivity index (χ3n) is 11.2. The van der Waals surface area contributed by atoms with E-state index in [1.54, 1.807) is 0 Å². The van der Waals surface area contributed by atoms with E-state index in [4.69, 9.17) is 4.74 Å². The van der Waals surface area contributed by atoms with Gasteiger partial charge in [-0.05, 0) is 97.2 Å². The van der Waals surface area contributed by atoms with Crippen LogP contribution in [0.5, 0.6) is 0 Å². The summed E-state index contributed by atoms with van der Waals surface area (Å²) in [5.74, 6) is 1.76. The fourth-order valence-electron chi connectivity index (χ4n) is 8.95. The van der Waals surface area contributed by atoms with Crippen LogP contribution in [0.4, 0.5) is 0 Å². The molecular formula is C31H42N2O4S. The molecule has 0 amide bonds. The number of sulfonamides is 1. The summed E-state index contributed by atoms with van der Waals surface area (Å²) < 4.78 is 31.1. The van der Waals surface area contributed by atoms with E-state index < -0.39 is 10.0 Å². The number of pyridine rings is 1. The second kappa shape index (κ2) is 9.58. The van der Waals surface area contributed by atoms with Gasteiger partial charge in [-0.2, -0.15) is 0 Å². The molecule has 5 aliphatic rings. The van der Waals surface area contributed by atoms with Crippen molar-refractivity contribution in [3.05, 3.63) is 47.8 Å². The minimum Gasteiger partial charge on any atom is -0.462 e. The molecule has 0 radical (unpaired) electrons. The first-order valence-electron chi connectivity index (χ1n) is 14.6. The number of carbonyl (C=O) groups excluding carboxylic acids is 1. The molecule has 0 spiro atoms. The number of carbonyl (C=O) groups is 1. The highest BCUT2D eigenvalue weighted by molar-refractivity contribution is 7.88. The van der Waals surface area contributed by atoms with Gasteiger partial charge in [0.05, 0.1) is 12.2 Å². The van der Waals surface area contributed by atoms with E-state index in [9.17, 15) is 13.2 Å². The Morgan fingerprint density at radius 1 is 1.03 bits per heavy atom. The van der Waals surface area contributed by atoms with Gasteiger partial charge in [-0.1, -0.05) is 37.6 Å². The molecule has 1 unspecified atom stereocenters. The standard InChI is InChI=1S/C31H42N2O4S/c1-30-14-10-24(37-29(34)21-12-17-33(18-13-21)38(3,35)36)19-23(30)6-7-25-27-9-8-26(22-5-4-16-32-20-22)31(27,2)15-11-28(25)30/h4-6,8,16,20-21,24-25,27-28H,7,9-15,17-19H2,1-3H3/t24-,25?,27-,28-,30-,31+/m0/s1. The van der Waals surface area contributed by atoms with Crippen molar-refractivity contribution in [2.24, 2.45) is 34.5 Å². The summed E-state index contributed by atoms with van der Waals surface area (Å²) in [5.41, 5.74) is 4.73. The fourth-order valence-corrected chi connectivity index (χ4v) is 9.82. The number of nitrogens with zero attached hydrogens (tertiary/aromatic N) is 2. The second-order valence-corrected chi connectivity index (χ2v) is 15.0. The minimum atomic E-state index is -3.19. The van der Waals surface area contributed by atoms with Crippen molar-refractivity contribution >= 4 is 21.6 Å². The Morgan fingerprint density at radius 2 is 1.79 bits per heavy atom. The van der Waals surface area contributed by atoms with Gasteiger partial charge < -0.3 is 4.74 Å². The number of piperidine rings is 1. The molecule has 2 saturated carbocycles. The van der Waals surface area contributed by atoms with E-state index in [0.29, 0.717) is 43.7 Å². The molecule has 6 atom stereocenters. The van der Waals surface area contributed by atoms with Gasteiger partial charge in [0.15, 0.2) is 0 Å². The molecule has 1 aliphatic heterocycles. The van der Waals surface area contributed by atoms with Gasteiger partial charge in [-0.25, -0.2) is 12.7 Å². The lowest BCUT2D eigenvalue weighted by Crippen LogP contribution is -2.50. The summed E-state index contributed by atoms with van der Waals surface area (Å²) >= 11 is 0. The van der Waals surface area contributed by atoms with Crippen LogP contribution < -0.4 is 0 Å². The topological polar surface area (TPSA) is 76.6 Å². The van der Waals surface area contributed by atoms with Crippen molar-refractivity contribution in [3.63, 3.8) is 0 Å². The Hall–Kier alpha value is -1.99. The van der Waals surface area contributed by atoms with Crippen LogP contribution in [0.25, 0.3) is 5.57 Å². The molecule has 1 aromatic heterocycles. The summed E-state index contributed by atoms with van der Waals surface area (Å²) in [5, 5.41) is 0. The number of aromatic nitrogens is 1. The predicted octanol–water partition coefficient (Wildman–Crippen LogP) is 5.62. The summed E-state index contributed by atoms with van der Waals surface area (Å²) in [6.45, 7) is 5.81. The molecule has 3 fully saturated rings. The van der Waals surface area contributed by atoms with Crippen LogP contribution in [0, 0.1) is 34.5 Å². The Balaban J connectivity index is 1.11. The summed E-state index contributed by atoms with van der Waals surface area (Å²) in [6.07, 6.45) is 18.8. The lowest BCUT2D eigenvalue weighted by molar-refractivity contribution is -0.157. The quantitative estimate of drug-likeness (QED) is 0.367. The molecule has 2 heterocycles. The zero-order chi connectivity index (χ0) is 26.7. The van der Waals surface area contributed by atoms with E-state index in [1.807, 2.05) is 12.4 Å². The average molecular weight is 539 g/mol. The maximum absolute atomic E-state index is 13.0. The minimum absolute atomic E-state index is 0.0505. The SMILES string of the molecule is C[C@]12CC[C@H](OC(=O)C3CCN(S(C)(=O)=O)CC3)CC1=CCC1[C@@H]2CC[C@]2(C)C(c3cccnc3)=CC[C@@H]12. The molecule has 6 rings (SSSR count). The third-order valence-corrected chi connectivity index (χ3v) is 12.5. The van der Waals surface area contributed by atoms with Gasteiger partial charge in [-0.15, -0.1) is 0 Å². The zero-order valence-corrected chi connectivity index (χ0v) is 23.9. The molecule has 7 heteroatoms. The van der Waals surface area contributed by atoms with E-state index in [1.165, 1.54) is 46.5 Å². The van der Waals surface area contributed by atoms with Crippen LogP contribution in [0.2, 0.25) is 0 Å². The number of esters is 1. The number of hydrogen-bond donors (Lipinski definition) is 0. The van der Waals surface area contributed by atoms with Crippen LogP contribution in [-0.4, -0.2) is 49.1 Å². The van der Waals surface area contributed by atoms with Crippen molar-refractivity contribution in [1.82, 2.24) is 9.29 Å². The second-order valence-electron chi connectivity index (χ2n) is 13.0. The van der Waals surface area contributed by atoms with Gasteiger partial charge in [0, 0.05) is 31.9 Å². The molecule has 0 bridgehead atoms. The van der Waals surface area contributed by atoms with Crippen molar-refractivity contribution in [2.45, 2.75) is 77.7 Å². The molecular weight excluding hydrogens is 496 g/mol. The summed E-state index contributed by atoms with van der Waals surface area (Å²) in [6, 6.07) is 4.27. The summed E-state index contributed by atoms with van der Waals surface area (Å²) in [4.78, 5) is 17.4. The lowest BCUT2D eigenvalue weighted by atomic mass is 9.47. The van der Waals surface area contributed by atoms with Crippen LogP contribution >= 0.6 is 0 Å². The normalized spacial score (nSPS) is 37.9. The molecule has 0 aromatic carbocycles. The van der Waals surface area contributed by atoms with Gasteiger partial charge in [0.25, 0.3) is 0 Å². The van der Waals surface area contributed by atoms with Gasteiger partial charge in [0.1, 0.15) is 6.10 Å². The van der Waals surface area contributed by atoms with Crippen LogP contribution in [0.15, 0.2) is 42.3 Å². The fraction of sp³-hybridized carbons (Fsp3) is 0.677. The summed E-state index contributed by atoms with van der Waals surface area (Å²) in [7, 11) is -3.19. The monoisotopic (exact) mass is 538 g/mol. The lowest BCUT2D eigenvalue weighted by Gasteiger charge is -2.58. The van der Waals surface area contributed by atoms with Crippen molar-refractivity contribution in [2.75, 3.05) is 19.3 Å². The maximum Gasteiger partial charge on any atom is 0.309 e. The van der Waals surface area contributed by atoms with Crippen molar-refractivity contribution in [1.29, 1.82) is 0 Å². The Kier molecular flexibility index (Phi) is 6.62. The first-order chi connectivity index (χ1) is 18.1. The van der Waals surface area contributed by atoms with E-state index in [-0.39, 0.29) is 28.8 Å². The molecule has 4 aliphatic carbocycles. The van der Waals surface area contributed by atoms with E-state index in [2.05, 4.69) is 43.1 Å². The zero-order valence-electron chi connectivity index (χ0n) is 23.1.